The molecule has 0 aliphatic rings. The van der Waals surface area contributed by atoms with Crippen molar-refractivity contribution in [1.29, 1.82) is 0 Å². The minimum absolute atomic E-state index is 0.0187. The van der Waals surface area contributed by atoms with E-state index in [-0.39, 0.29) is 11.5 Å². The number of nitrogens with one attached hydrogen (secondary N) is 1. The summed E-state index contributed by atoms with van der Waals surface area (Å²) in [6.45, 7) is 1.96. The van der Waals surface area contributed by atoms with Crippen LogP contribution in [-0.4, -0.2) is 30.6 Å². The predicted molar refractivity (Wildman–Crippen MR) is 92.8 cm³/mol. The van der Waals surface area contributed by atoms with E-state index in [0.29, 0.717) is 21.9 Å². The number of hydrogen-bond acceptors (Lipinski definition) is 5. The van der Waals surface area contributed by atoms with Crippen LogP contribution in [0.15, 0.2) is 39.0 Å². The maximum atomic E-state index is 12.3. The lowest BCUT2D eigenvalue weighted by molar-refractivity contribution is 0.102. The highest BCUT2D eigenvalue weighted by Crippen LogP contribution is 2.21. The molecule has 1 aromatic carbocycles. The topological polar surface area (TPSA) is 89.8 Å². The third-order valence-corrected chi connectivity index (χ3v) is 4.83. The zero-order valence-corrected chi connectivity index (χ0v) is 14.3. The molecule has 3 aromatic rings. The molecule has 3 rings (SSSR count). The molecule has 0 atom stereocenters. The lowest BCUT2D eigenvalue weighted by Gasteiger charge is -2.02. The molecule has 0 saturated heterocycles. The summed E-state index contributed by atoms with van der Waals surface area (Å²) in [5.41, 5.74) is 1.34. The van der Waals surface area contributed by atoms with Gasteiger partial charge in [-0.3, -0.25) is 19.1 Å². The Morgan fingerprint density at radius 3 is 2.50 bits per heavy atom. The molecule has 0 amide bonds. The molecule has 0 aliphatic carbocycles. The van der Waals surface area contributed by atoms with Gasteiger partial charge in [-0.1, -0.05) is 41.6 Å². The molecule has 0 bridgehead atoms. The van der Waals surface area contributed by atoms with Crippen LogP contribution in [0.4, 0.5) is 0 Å². The van der Waals surface area contributed by atoms with Crippen LogP contribution in [0.25, 0.3) is 11.2 Å². The largest absolute Gasteiger partial charge is 0.329 e. The van der Waals surface area contributed by atoms with Crippen LogP contribution in [-0.2, 0) is 14.1 Å². The molecule has 2 aromatic heterocycles. The molecule has 8 heteroatoms. The summed E-state index contributed by atoms with van der Waals surface area (Å²) in [6, 6.07) is 7.37. The smallest absolute Gasteiger partial charge is 0.316 e. The fourth-order valence-corrected chi connectivity index (χ4v) is 3.23. The first-order valence-electron chi connectivity index (χ1n) is 7.27. The Morgan fingerprint density at radius 1 is 1.17 bits per heavy atom. The second kappa shape index (κ2) is 6.12. The van der Waals surface area contributed by atoms with Crippen molar-refractivity contribution in [1.82, 2.24) is 19.1 Å². The second-order valence-electron chi connectivity index (χ2n) is 5.52. The quantitative estimate of drug-likeness (QED) is 0.568. The number of imidazole rings is 1. The third kappa shape index (κ3) is 2.80. The highest BCUT2D eigenvalue weighted by molar-refractivity contribution is 7.99. The van der Waals surface area contributed by atoms with Gasteiger partial charge in [0.1, 0.15) is 0 Å². The van der Waals surface area contributed by atoms with Gasteiger partial charge in [-0.25, -0.2) is 9.78 Å². The van der Waals surface area contributed by atoms with E-state index < -0.39 is 11.2 Å². The Hall–Kier alpha value is -2.61. The van der Waals surface area contributed by atoms with Crippen molar-refractivity contribution < 1.29 is 4.79 Å². The SMILES string of the molecule is Cc1ccc(C(=O)CSc2nc3c(c(=O)[nH]c(=O)n3C)n2C)cc1. The van der Waals surface area contributed by atoms with Gasteiger partial charge in [-0.15, -0.1) is 0 Å². The summed E-state index contributed by atoms with van der Waals surface area (Å²) in [4.78, 5) is 42.5. The summed E-state index contributed by atoms with van der Waals surface area (Å²) >= 11 is 1.24. The Labute approximate surface area is 141 Å². The molecule has 24 heavy (non-hydrogen) atoms. The Balaban J connectivity index is 1.90. The molecular formula is C16H16N4O3S. The number of H-pyrrole nitrogens is 1. The van der Waals surface area contributed by atoms with E-state index in [1.165, 1.54) is 16.3 Å². The van der Waals surface area contributed by atoms with Crippen molar-refractivity contribution >= 4 is 28.7 Å². The van der Waals surface area contributed by atoms with E-state index in [0.717, 1.165) is 5.56 Å². The summed E-state index contributed by atoms with van der Waals surface area (Å²) in [5.74, 6) is 0.182. The number of Topliss-reactive ketones (excluding diaryl/α,β-unsaturated/α-hetero) is 1. The van der Waals surface area contributed by atoms with Gasteiger partial charge in [0.25, 0.3) is 5.56 Å². The Kier molecular flexibility index (Phi) is 4.15. The third-order valence-electron chi connectivity index (χ3n) is 3.80. The fourth-order valence-electron chi connectivity index (χ4n) is 2.37. The first-order valence-corrected chi connectivity index (χ1v) is 8.25. The van der Waals surface area contributed by atoms with Crippen LogP contribution in [0.2, 0.25) is 0 Å². The van der Waals surface area contributed by atoms with Crippen LogP contribution >= 0.6 is 11.8 Å². The van der Waals surface area contributed by atoms with Gasteiger partial charge in [-0.2, -0.15) is 0 Å². The molecule has 2 heterocycles. The number of aromatic amines is 1. The van der Waals surface area contributed by atoms with Crippen molar-refractivity contribution in [2.45, 2.75) is 12.1 Å². The number of rotatable bonds is 4. The van der Waals surface area contributed by atoms with Crippen LogP contribution in [0.5, 0.6) is 0 Å². The predicted octanol–water partition coefficient (Wildman–Crippen LogP) is 1.24. The number of ketones is 1. The lowest BCUT2D eigenvalue weighted by Crippen LogP contribution is -2.29. The summed E-state index contributed by atoms with van der Waals surface area (Å²) in [7, 11) is 3.23. The van der Waals surface area contributed by atoms with Gasteiger partial charge < -0.3 is 4.57 Å². The summed E-state index contributed by atoms with van der Waals surface area (Å²) in [6.07, 6.45) is 0. The molecule has 0 aliphatic heterocycles. The second-order valence-corrected chi connectivity index (χ2v) is 6.46. The monoisotopic (exact) mass is 344 g/mol. The fraction of sp³-hybridized carbons (Fsp3) is 0.250. The standard InChI is InChI=1S/C16H16N4O3S/c1-9-4-6-10(7-5-9)11(21)8-24-16-17-13-12(19(16)2)14(22)18-15(23)20(13)3/h4-7H,8H2,1-3H3,(H,18,22,23). The molecule has 0 saturated carbocycles. The highest BCUT2D eigenvalue weighted by atomic mass is 32.2. The van der Waals surface area contributed by atoms with Crippen molar-refractivity contribution in [2.24, 2.45) is 14.1 Å². The van der Waals surface area contributed by atoms with E-state index in [4.69, 9.17) is 0 Å². The van der Waals surface area contributed by atoms with E-state index in [2.05, 4.69) is 9.97 Å². The normalized spacial score (nSPS) is 11.1. The van der Waals surface area contributed by atoms with Crippen molar-refractivity contribution in [2.75, 3.05) is 5.75 Å². The summed E-state index contributed by atoms with van der Waals surface area (Å²) < 4.78 is 2.88. The number of benzene rings is 1. The highest BCUT2D eigenvalue weighted by Gasteiger charge is 2.16. The number of thioether (sulfide) groups is 1. The average molecular weight is 344 g/mol. The number of carbonyl (C=O) groups is 1. The van der Waals surface area contributed by atoms with Crippen LogP contribution in [0.3, 0.4) is 0 Å². The minimum atomic E-state index is -0.516. The number of aryl methyl sites for hydroxylation is 3. The van der Waals surface area contributed by atoms with E-state index in [9.17, 15) is 14.4 Å². The van der Waals surface area contributed by atoms with Gasteiger partial charge in [0.15, 0.2) is 22.1 Å². The number of nitrogens with zero attached hydrogens (tertiary/aromatic N) is 3. The molecular weight excluding hydrogens is 328 g/mol. The van der Waals surface area contributed by atoms with Crippen molar-refractivity contribution in [3.63, 3.8) is 0 Å². The van der Waals surface area contributed by atoms with Gasteiger partial charge in [0.2, 0.25) is 0 Å². The van der Waals surface area contributed by atoms with E-state index >= 15 is 0 Å². The van der Waals surface area contributed by atoms with Crippen LogP contribution < -0.4 is 11.2 Å². The van der Waals surface area contributed by atoms with Crippen molar-refractivity contribution in [3.05, 3.63) is 56.2 Å². The van der Waals surface area contributed by atoms with Crippen molar-refractivity contribution in [3.8, 4) is 0 Å². The Bertz CT molecular complexity index is 1040. The number of carbonyl (C=O) groups excluding carboxylic acids is 1. The maximum absolute atomic E-state index is 12.3. The molecule has 0 fully saturated rings. The van der Waals surface area contributed by atoms with Crippen LogP contribution in [0.1, 0.15) is 15.9 Å². The first kappa shape index (κ1) is 16.3. The Morgan fingerprint density at radius 2 is 1.83 bits per heavy atom. The molecule has 124 valence electrons. The summed E-state index contributed by atoms with van der Waals surface area (Å²) in [5, 5.41) is 0.511. The molecule has 7 nitrogen and oxygen atoms in total. The number of hydrogen-bond donors (Lipinski definition) is 1. The molecule has 0 radical (unpaired) electrons. The number of fused-ring (bicyclic) bond motifs is 1. The van der Waals surface area contributed by atoms with E-state index in [1.807, 2.05) is 19.1 Å². The van der Waals surface area contributed by atoms with Gasteiger partial charge in [0, 0.05) is 19.7 Å². The first-order chi connectivity index (χ1) is 11.4. The van der Waals surface area contributed by atoms with Gasteiger partial charge in [-0.05, 0) is 6.92 Å². The zero-order chi connectivity index (χ0) is 17.4. The number of aromatic nitrogens is 4. The molecule has 1 N–H and O–H groups in total. The van der Waals surface area contributed by atoms with Gasteiger partial charge >= 0.3 is 5.69 Å². The van der Waals surface area contributed by atoms with Gasteiger partial charge in [0.05, 0.1) is 5.75 Å². The molecule has 0 unspecified atom stereocenters. The zero-order valence-electron chi connectivity index (χ0n) is 13.5. The lowest BCUT2D eigenvalue weighted by atomic mass is 10.1. The minimum Gasteiger partial charge on any atom is -0.316 e. The van der Waals surface area contributed by atoms with E-state index in [1.54, 1.807) is 30.8 Å². The maximum Gasteiger partial charge on any atom is 0.329 e. The van der Waals surface area contributed by atoms with Crippen LogP contribution in [0, 0.1) is 6.92 Å². The average Bonchev–Trinajstić information content (AvgIpc) is 2.88. The molecule has 0 spiro atoms.